The first-order valence-corrected chi connectivity index (χ1v) is 14.1. The minimum atomic E-state index is -3.91. The summed E-state index contributed by atoms with van der Waals surface area (Å²) in [6.45, 7) is 7.88. The molecule has 0 aliphatic carbocycles. The van der Waals surface area contributed by atoms with Gasteiger partial charge in [0.2, 0.25) is 21.8 Å². The Morgan fingerprint density at radius 1 is 1.03 bits per heavy atom. The van der Waals surface area contributed by atoms with E-state index in [1.165, 1.54) is 25.2 Å². The maximum absolute atomic E-state index is 13.8. The van der Waals surface area contributed by atoms with E-state index < -0.39 is 28.5 Å². The highest BCUT2D eigenvalue weighted by molar-refractivity contribution is 7.92. The number of anilines is 1. The number of hydrogen-bond acceptors (Lipinski definition) is 6. The molecule has 0 heterocycles. The van der Waals surface area contributed by atoms with Crippen molar-refractivity contribution in [1.29, 1.82) is 0 Å². The third kappa shape index (κ3) is 8.38. The largest absolute Gasteiger partial charge is 0.497 e. The van der Waals surface area contributed by atoms with Crippen LogP contribution >= 0.6 is 0 Å². The van der Waals surface area contributed by atoms with Gasteiger partial charge in [-0.1, -0.05) is 50.6 Å². The maximum atomic E-state index is 13.8. The third-order valence-electron chi connectivity index (χ3n) is 5.88. The molecule has 2 amide bonds. The predicted molar refractivity (Wildman–Crippen MR) is 145 cm³/mol. The normalized spacial score (nSPS) is 12.1. The molecule has 0 aliphatic heterocycles. The number of hydrogen-bond donors (Lipinski definition) is 1. The third-order valence-corrected chi connectivity index (χ3v) is 7.00. The molecule has 1 N–H and O–H groups in total. The van der Waals surface area contributed by atoms with Gasteiger partial charge in [0.25, 0.3) is 0 Å². The summed E-state index contributed by atoms with van der Waals surface area (Å²) in [7, 11) is -1.02. The minimum absolute atomic E-state index is 0.152. The number of ether oxygens (including phenoxy) is 2. The van der Waals surface area contributed by atoms with E-state index in [9.17, 15) is 18.0 Å². The SMILES string of the molecule is CCC(C(=O)NCC(C)C)N(Cc1ccc(C)cc1)C(=O)CN(c1cc(OC)ccc1OC)S(C)(=O)=O. The molecular weight excluding hydrogens is 494 g/mol. The lowest BCUT2D eigenvalue weighted by Gasteiger charge is -2.33. The molecule has 0 radical (unpaired) electrons. The molecule has 1 unspecified atom stereocenters. The molecule has 0 saturated carbocycles. The lowest BCUT2D eigenvalue weighted by molar-refractivity contribution is -0.140. The van der Waals surface area contributed by atoms with Crippen molar-refractivity contribution in [3.8, 4) is 11.5 Å². The van der Waals surface area contributed by atoms with Gasteiger partial charge in [-0.05, 0) is 37.0 Å². The van der Waals surface area contributed by atoms with Crippen molar-refractivity contribution in [2.24, 2.45) is 5.92 Å². The van der Waals surface area contributed by atoms with Crippen LogP contribution in [0.15, 0.2) is 42.5 Å². The fraction of sp³-hybridized carbons (Fsp3) is 0.481. The van der Waals surface area contributed by atoms with Crippen LogP contribution in [-0.2, 0) is 26.2 Å². The Labute approximate surface area is 220 Å². The van der Waals surface area contributed by atoms with Gasteiger partial charge >= 0.3 is 0 Å². The number of amides is 2. The van der Waals surface area contributed by atoms with Gasteiger partial charge in [-0.2, -0.15) is 0 Å². The van der Waals surface area contributed by atoms with Gasteiger partial charge in [-0.15, -0.1) is 0 Å². The zero-order valence-corrected chi connectivity index (χ0v) is 23.6. The fourth-order valence-corrected chi connectivity index (χ4v) is 4.66. The van der Waals surface area contributed by atoms with Crippen LogP contribution in [0.1, 0.15) is 38.3 Å². The summed E-state index contributed by atoms with van der Waals surface area (Å²) in [6, 6.07) is 11.6. The lowest BCUT2D eigenvalue weighted by Crippen LogP contribution is -2.52. The van der Waals surface area contributed by atoms with Gasteiger partial charge in [0.1, 0.15) is 24.1 Å². The summed E-state index contributed by atoms with van der Waals surface area (Å²) in [5, 5.41) is 2.91. The predicted octanol–water partition coefficient (Wildman–Crippen LogP) is 3.36. The molecular formula is C27H39N3O6S. The average Bonchev–Trinajstić information content (AvgIpc) is 2.85. The van der Waals surface area contributed by atoms with Crippen LogP contribution in [0.3, 0.4) is 0 Å². The van der Waals surface area contributed by atoms with Crippen molar-refractivity contribution in [3.63, 3.8) is 0 Å². The summed E-state index contributed by atoms with van der Waals surface area (Å²) < 4.78 is 37.4. The van der Waals surface area contributed by atoms with Crippen molar-refractivity contribution in [2.45, 2.75) is 46.7 Å². The Morgan fingerprint density at radius 2 is 1.68 bits per heavy atom. The number of nitrogens with zero attached hydrogens (tertiary/aromatic N) is 2. The van der Waals surface area contributed by atoms with Crippen molar-refractivity contribution < 1.29 is 27.5 Å². The summed E-state index contributed by atoms with van der Waals surface area (Å²) >= 11 is 0. The molecule has 9 nitrogen and oxygen atoms in total. The first kappa shape index (κ1) is 30.0. The first-order chi connectivity index (χ1) is 17.4. The van der Waals surface area contributed by atoms with Crippen LogP contribution in [0, 0.1) is 12.8 Å². The Hall–Kier alpha value is -3.27. The molecule has 0 aliphatic rings. The van der Waals surface area contributed by atoms with E-state index in [1.807, 2.05) is 52.0 Å². The van der Waals surface area contributed by atoms with Gasteiger partial charge < -0.3 is 19.7 Å². The van der Waals surface area contributed by atoms with Crippen LogP contribution in [0.4, 0.5) is 5.69 Å². The van der Waals surface area contributed by atoms with E-state index in [2.05, 4.69) is 5.32 Å². The first-order valence-electron chi connectivity index (χ1n) is 12.2. The second kappa shape index (κ2) is 13.3. The molecule has 2 aromatic carbocycles. The van der Waals surface area contributed by atoms with E-state index in [0.29, 0.717) is 18.7 Å². The number of methoxy groups -OCH3 is 2. The van der Waals surface area contributed by atoms with Crippen molar-refractivity contribution >= 4 is 27.5 Å². The number of nitrogens with one attached hydrogen (secondary N) is 1. The standard InChI is InChI=1S/C27H39N3O6S/c1-8-23(27(32)28-16-19(2)3)29(17-21-11-9-20(4)10-12-21)26(31)18-30(37(7,33)34)24-15-22(35-5)13-14-25(24)36-6/h9-15,19,23H,8,16-18H2,1-7H3,(H,28,32). The van der Waals surface area contributed by atoms with Gasteiger partial charge in [0, 0.05) is 19.2 Å². The fourth-order valence-electron chi connectivity index (χ4n) is 3.82. The topological polar surface area (TPSA) is 105 Å². The Balaban J connectivity index is 2.50. The zero-order valence-electron chi connectivity index (χ0n) is 22.8. The summed E-state index contributed by atoms with van der Waals surface area (Å²) in [5.74, 6) is 0.131. The van der Waals surface area contributed by atoms with Crippen molar-refractivity contribution in [1.82, 2.24) is 10.2 Å². The van der Waals surface area contributed by atoms with E-state index in [0.717, 1.165) is 21.7 Å². The van der Waals surface area contributed by atoms with Crippen molar-refractivity contribution in [3.05, 3.63) is 53.6 Å². The molecule has 1 atom stereocenters. The molecule has 0 spiro atoms. The highest BCUT2D eigenvalue weighted by Crippen LogP contribution is 2.34. The van der Waals surface area contributed by atoms with Gasteiger partial charge in [0.05, 0.1) is 26.2 Å². The quantitative estimate of drug-likeness (QED) is 0.423. The van der Waals surface area contributed by atoms with Crippen LogP contribution < -0.4 is 19.1 Å². The van der Waals surface area contributed by atoms with Crippen LogP contribution in [0.2, 0.25) is 0 Å². The summed E-state index contributed by atoms with van der Waals surface area (Å²) in [4.78, 5) is 28.4. The molecule has 37 heavy (non-hydrogen) atoms. The van der Waals surface area contributed by atoms with Crippen molar-refractivity contribution in [2.75, 3.05) is 37.9 Å². The molecule has 204 valence electrons. The average molecular weight is 534 g/mol. The number of aryl methyl sites for hydroxylation is 1. The van der Waals surface area contributed by atoms with Crippen LogP contribution in [0.25, 0.3) is 0 Å². The number of rotatable bonds is 13. The lowest BCUT2D eigenvalue weighted by atomic mass is 10.1. The highest BCUT2D eigenvalue weighted by atomic mass is 32.2. The highest BCUT2D eigenvalue weighted by Gasteiger charge is 2.32. The van der Waals surface area contributed by atoms with E-state index in [1.54, 1.807) is 12.1 Å². The number of carbonyl (C=O) groups is 2. The Bertz CT molecular complexity index is 1170. The smallest absolute Gasteiger partial charge is 0.244 e. The van der Waals surface area contributed by atoms with Gasteiger partial charge in [-0.3, -0.25) is 13.9 Å². The summed E-state index contributed by atoms with van der Waals surface area (Å²) in [5.41, 5.74) is 2.07. The number of sulfonamides is 1. The van der Waals surface area contributed by atoms with Gasteiger partial charge in [0.15, 0.2) is 0 Å². The van der Waals surface area contributed by atoms with Crippen LogP contribution in [-0.4, -0.2) is 64.7 Å². The molecule has 2 rings (SSSR count). The molecule has 10 heteroatoms. The minimum Gasteiger partial charge on any atom is -0.497 e. The molecule has 0 saturated heterocycles. The van der Waals surface area contributed by atoms with E-state index in [4.69, 9.17) is 9.47 Å². The monoisotopic (exact) mass is 533 g/mol. The molecule has 0 aromatic heterocycles. The maximum Gasteiger partial charge on any atom is 0.244 e. The number of carbonyl (C=O) groups excluding carboxylic acids is 2. The van der Waals surface area contributed by atoms with E-state index in [-0.39, 0.29) is 29.8 Å². The molecule has 0 bridgehead atoms. The zero-order chi connectivity index (χ0) is 27.8. The van der Waals surface area contributed by atoms with Crippen LogP contribution in [0.5, 0.6) is 11.5 Å². The number of benzene rings is 2. The second-order valence-electron chi connectivity index (χ2n) is 9.38. The van der Waals surface area contributed by atoms with Gasteiger partial charge in [-0.25, -0.2) is 8.42 Å². The Kier molecular flexibility index (Phi) is 10.8. The summed E-state index contributed by atoms with van der Waals surface area (Å²) in [6.07, 6.45) is 1.39. The molecule has 0 fully saturated rings. The Morgan fingerprint density at radius 3 is 2.19 bits per heavy atom. The second-order valence-corrected chi connectivity index (χ2v) is 11.3. The molecule has 2 aromatic rings. The van der Waals surface area contributed by atoms with E-state index >= 15 is 0 Å².